The van der Waals surface area contributed by atoms with Gasteiger partial charge in [-0.25, -0.2) is 9.97 Å². The van der Waals surface area contributed by atoms with Crippen molar-refractivity contribution < 1.29 is 0 Å². The Morgan fingerprint density at radius 2 is 1.78 bits per heavy atom. The first kappa shape index (κ1) is 12.6. The highest BCUT2D eigenvalue weighted by Crippen LogP contribution is 2.12. The molecule has 0 saturated heterocycles. The molecule has 0 atom stereocenters. The molecule has 18 heavy (non-hydrogen) atoms. The van der Waals surface area contributed by atoms with Crippen LogP contribution in [0.25, 0.3) is 11.4 Å². The van der Waals surface area contributed by atoms with Crippen LogP contribution in [-0.2, 0) is 6.54 Å². The van der Waals surface area contributed by atoms with Crippen molar-refractivity contribution in [2.45, 2.75) is 20.4 Å². The van der Waals surface area contributed by atoms with Gasteiger partial charge < -0.3 is 5.32 Å². The van der Waals surface area contributed by atoms with Crippen LogP contribution in [0.15, 0.2) is 36.9 Å². The highest BCUT2D eigenvalue weighted by molar-refractivity contribution is 5.53. The van der Waals surface area contributed by atoms with Crippen LogP contribution in [0.3, 0.4) is 0 Å². The maximum atomic E-state index is 4.37. The standard InChI is InChI=1S/C14H18N4/c1-11(2)7-16-8-12-9-17-14(18-10-12)13-3-5-15-6-4-13/h3-6,9-11,16H,7-8H2,1-2H3. The lowest BCUT2D eigenvalue weighted by Gasteiger charge is -2.07. The molecule has 1 N–H and O–H groups in total. The fourth-order valence-corrected chi connectivity index (χ4v) is 1.60. The molecule has 0 fully saturated rings. The van der Waals surface area contributed by atoms with Crippen LogP contribution in [0.1, 0.15) is 19.4 Å². The summed E-state index contributed by atoms with van der Waals surface area (Å²) in [6.45, 7) is 6.20. The predicted octanol–water partition coefficient (Wildman–Crippen LogP) is 2.28. The molecule has 4 nitrogen and oxygen atoms in total. The van der Waals surface area contributed by atoms with E-state index in [-0.39, 0.29) is 0 Å². The highest BCUT2D eigenvalue weighted by atomic mass is 14.9. The molecule has 0 saturated carbocycles. The van der Waals surface area contributed by atoms with Gasteiger partial charge in [0.25, 0.3) is 0 Å². The molecule has 0 amide bonds. The van der Waals surface area contributed by atoms with E-state index in [1.165, 1.54) is 0 Å². The van der Waals surface area contributed by atoms with Crippen LogP contribution >= 0.6 is 0 Å². The third-order valence-corrected chi connectivity index (χ3v) is 2.53. The van der Waals surface area contributed by atoms with Crippen molar-refractivity contribution in [3.63, 3.8) is 0 Å². The third kappa shape index (κ3) is 3.60. The van der Waals surface area contributed by atoms with Gasteiger partial charge in [0.1, 0.15) is 0 Å². The monoisotopic (exact) mass is 242 g/mol. The second-order valence-corrected chi connectivity index (χ2v) is 4.68. The predicted molar refractivity (Wildman–Crippen MR) is 71.8 cm³/mol. The second kappa shape index (κ2) is 6.21. The molecule has 2 aromatic heterocycles. The van der Waals surface area contributed by atoms with E-state index in [1.54, 1.807) is 12.4 Å². The summed E-state index contributed by atoms with van der Waals surface area (Å²) in [5, 5.41) is 3.37. The Kier molecular flexibility index (Phi) is 4.36. The molecule has 2 aromatic rings. The number of hydrogen-bond acceptors (Lipinski definition) is 4. The van der Waals surface area contributed by atoms with Crippen molar-refractivity contribution in [1.82, 2.24) is 20.3 Å². The topological polar surface area (TPSA) is 50.7 Å². The van der Waals surface area contributed by atoms with E-state index in [0.29, 0.717) is 5.92 Å². The van der Waals surface area contributed by atoms with Crippen LogP contribution < -0.4 is 5.32 Å². The van der Waals surface area contributed by atoms with Gasteiger partial charge in [-0.2, -0.15) is 0 Å². The van der Waals surface area contributed by atoms with Crippen LogP contribution in [-0.4, -0.2) is 21.5 Å². The van der Waals surface area contributed by atoms with Gasteiger partial charge in [-0.05, 0) is 24.6 Å². The van der Waals surface area contributed by atoms with Gasteiger partial charge in [0.05, 0.1) is 0 Å². The molecule has 0 aliphatic rings. The maximum Gasteiger partial charge on any atom is 0.159 e. The van der Waals surface area contributed by atoms with Gasteiger partial charge >= 0.3 is 0 Å². The van der Waals surface area contributed by atoms with E-state index in [9.17, 15) is 0 Å². The van der Waals surface area contributed by atoms with Gasteiger partial charge in [0.15, 0.2) is 5.82 Å². The Morgan fingerprint density at radius 1 is 1.11 bits per heavy atom. The molecular formula is C14H18N4. The Labute approximate surface area is 108 Å². The Morgan fingerprint density at radius 3 is 2.39 bits per heavy atom. The molecular weight excluding hydrogens is 224 g/mol. The van der Waals surface area contributed by atoms with E-state index in [4.69, 9.17) is 0 Å². The van der Waals surface area contributed by atoms with Crippen molar-refractivity contribution in [2.75, 3.05) is 6.54 Å². The largest absolute Gasteiger partial charge is 0.312 e. The Bertz CT molecular complexity index is 465. The Hall–Kier alpha value is -1.81. The fraction of sp³-hybridized carbons (Fsp3) is 0.357. The smallest absolute Gasteiger partial charge is 0.159 e. The number of nitrogens with one attached hydrogen (secondary N) is 1. The number of pyridine rings is 1. The highest BCUT2D eigenvalue weighted by Gasteiger charge is 2.01. The summed E-state index contributed by atoms with van der Waals surface area (Å²) in [6.07, 6.45) is 7.24. The minimum atomic E-state index is 0.655. The average Bonchev–Trinajstić information content (AvgIpc) is 2.40. The van der Waals surface area contributed by atoms with Crippen molar-refractivity contribution in [2.24, 2.45) is 5.92 Å². The molecule has 0 radical (unpaired) electrons. The summed E-state index contributed by atoms with van der Waals surface area (Å²) in [6, 6.07) is 3.82. The lowest BCUT2D eigenvalue weighted by molar-refractivity contribution is 0.551. The normalized spacial score (nSPS) is 10.8. The zero-order valence-corrected chi connectivity index (χ0v) is 10.8. The summed E-state index contributed by atoms with van der Waals surface area (Å²) in [5.41, 5.74) is 2.10. The zero-order valence-electron chi connectivity index (χ0n) is 10.8. The molecule has 0 spiro atoms. The maximum absolute atomic E-state index is 4.37. The first-order valence-corrected chi connectivity index (χ1v) is 6.17. The molecule has 2 rings (SSSR count). The molecule has 0 unspecified atom stereocenters. The Balaban J connectivity index is 1.98. The van der Waals surface area contributed by atoms with Gasteiger partial charge in [-0.1, -0.05) is 13.8 Å². The van der Waals surface area contributed by atoms with Gasteiger partial charge in [-0.15, -0.1) is 0 Å². The van der Waals surface area contributed by atoms with E-state index in [2.05, 4.69) is 34.1 Å². The van der Waals surface area contributed by atoms with Gasteiger partial charge in [0, 0.05) is 42.5 Å². The molecule has 0 aliphatic heterocycles. The van der Waals surface area contributed by atoms with Gasteiger partial charge in [0.2, 0.25) is 0 Å². The molecule has 0 aliphatic carbocycles. The number of hydrogen-bond donors (Lipinski definition) is 1. The van der Waals surface area contributed by atoms with E-state index in [1.807, 2.05) is 24.5 Å². The first-order chi connectivity index (χ1) is 8.75. The molecule has 0 aromatic carbocycles. The third-order valence-electron chi connectivity index (χ3n) is 2.53. The number of aromatic nitrogens is 3. The van der Waals surface area contributed by atoms with Crippen molar-refractivity contribution >= 4 is 0 Å². The SMILES string of the molecule is CC(C)CNCc1cnc(-c2ccncc2)nc1. The number of nitrogens with zero attached hydrogens (tertiary/aromatic N) is 3. The quantitative estimate of drug-likeness (QED) is 0.874. The van der Waals surface area contributed by atoms with Crippen LogP contribution in [0.5, 0.6) is 0 Å². The minimum absolute atomic E-state index is 0.655. The van der Waals surface area contributed by atoms with E-state index >= 15 is 0 Å². The van der Waals surface area contributed by atoms with Crippen molar-refractivity contribution in [3.05, 3.63) is 42.5 Å². The van der Waals surface area contributed by atoms with Crippen LogP contribution in [0.4, 0.5) is 0 Å². The average molecular weight is 242 g/mol. The summed E-state index contributed by atoms with van der Waals surface area (Å²) in [4.78, 5) is 12.7. The number of rotatable bonds is 5. The summed E-state index contributed by atoms with van der Waals surface area (Å²) in [5.74, 6) is 1.40. The summed E-state index contributed by atoms with van der Waals surface area (Å²) < 4.78 is 0. The van der Waals surface area contributed by atoms with Gasteiger partial charge in [-0.3, -0.25) is 4.98 Å². The second-order valence-electron chi connectivity index (χ2n) is 4.68. The zero-order chi connectivity index (χ0) is 12.8. The van der Waals surface area contributed by atoms with E-state index in [0.717, 1.165) is 30.0 Å². The van der Waals surface area contributed by atoms with Crippen LogP contribution in [0, 0.1) is 5.92 Å². The fourth-order valence-electron chi connectivity index (χ4n) is 1.60. The first-order valence-electron chi connectivity index (χ1n) is 6.17. The lowest BCUT2D eigenvalue weighted by atomic mass is 10.2. The van der Waals surface area contributed by atoms with Crippen molar-refractivity contribution in [3.8, 4) is 11.4 Å². The van der Waals surface area contributed by atoms with Crippen LogP contribution in [0.2, 0.25) is 0 Å². The molecule has 94 valence electrons. The lowest BCUT2D eigenvalue weighted by Crippen LogP contribution is -2.19. The molecule has 0 bridgehead atoms. The minimum Gasteiger partial charge on any atom is -0.312 e. The molecule has 4 heteroatoms. The molecule has 2 heterocycles. The summed E-state index contributed by atoms with van der Waals surface area (Å²) in [7, 11) is 0. The van der Waals surface area contributed by atoms with E-state index < -0.39 is 0 Å². The van der Waals surface area contributed by atoms with Crippen molar-refractivity contribution in [1.29, 1.82) is 0 Å². The summed E-state index contributed by atoms with van der Waals surface area (Å²) >= 11 is 0.